The predicted octanol–water partition coefficient (Wildman–Crippen LogP) is 3.05. The first-order valence-corrected chi connectivity index (χ1v) is 11.3. The fourth-order valence-corrected chi connectivity index (χ4v) is 3.43. The van der Waals surface area contributed by atoms with E-state index < -0.39 is 23.8 Å². The summed E-state index contributed by atoms with van der Waals surface area (Å²) in [7, 11) is 0. The summed E-state index contributed by atoms with van der Waals surface area (Å²) in [5.41, 5.74) is 1.86. The van der Waals surface area contributed by atoms with Gasteiger partial charge in [0.1, 0.15) is 23.1 Å². The molecule has 1 saturated heterocycles. The molecule has 0 bridgehead atoms. The molecule has 2 aromatic heterocycles. The SMILES string of the molecule is CCOC(=O)c1cc(C#N)c(Cl)nc1C.CCOC(=O)c1cc(C#N)c(N2CC(C(=O)O)C2)nc1C. The van der Waals surface area contributed by atoms with Crippen LogP contribution in [-0.2, 0) is 14.3 Å². The first-order chi connectivity index (χ1) is 17.1. The molecule has 36 heavy (non-hydrogen) atoms. The topological polar surface area (TPSA) is 166 Å². The highest BCUT2D eigenvalue weighted by Gasteiger charge is 2.35. The monoisotopic (exact) mass is 513 g/mol. The molecule has 1 aliphatic rings. The molecule has 0 spiro atoms. The number of carboxylic acids is 1. The molecule has 0 radical (unpaired) electrons. The van der Waals surface area contributed by atoms with E-state index in [0.29, 0.717) is 30.3 Å². The van der Waals surface area contributed by atoms with Crippen LogP contribution in [0.2, 0.25) is 5.15 Å². The van der Waals surface area contributed by atoms with Crippen LogP contribution in [0.4, 0.5) is 5.82 Å². The zero-order valence-electron chi connectivity index (χ0n) is 20.2. The van der Waals surface area contributed by atoms with E-state index in [1.807, 2.05) is 12.1 Å². The van der Waals surface area contributed by atoms with Gasteiger partial charge in [0.05, 0.1) is 52.8 Å². The molecule has 0 aliphatic carbocycles. The highest BCUT2D eigenvalue weighted by Crippen LogP contribution is 2.28. The molecule has 2 aromatic rings. The fourth-order valence-electron chi connectivity index (χ4n) is 3.21. The van der Waals surface area contributed by atoms with Crippen LogP contribution in [0.25, 0.3) is 0 Å². The fraction of sp³-hybridized carbons (Fsp3) is 0.375. The van der Waals surface area contributed by atoms with E-state index in [1.165, 1.54) is 12.1 Å². The van der Waals surface area contributed by atoms with Crippen LogP contribution in [0.15, 0.2) is 12.1 Å². The van der Waals surface area contributed by atoms with Crippen molar-refractivity contribution in [2.45, 2.75) is 27.7 Å². The number of ether oxygens (including phenoxy) is 2. The number of aromatic nitrogens is 2. The molecule has 0 atom stereocenters. The van der Waals surface area contributed by atoms with Crippen molar-refractivity contribution in [2.24, 2.45) is 5.92 Å². The van der Waals surface area contributed by atoms with Gasteiger partial charge in [-0.15, -0.1) is 0 Å². The van der Waals surface area contributed by atoms with Crippen LogP contribution in [0, 0.1) is 42.4 Å². The predicted molar refractivity (Wildman–Crippen MR) is 128 cm³/mol. The minimum absolute atomic E-state index is 0.100. The van der Waals surface area contributed by atoms with E-state index in [2.05, 4.69) is 9.97 Å². The Morgan fingerprint density at radius 1 is 1.00 bits per heavy atom. The molecule has 3 rings (SSSR count). The molecule has 0 amide bonds. The zero-order valence-corrected chi connectivity index (χ0v) is 20.9. The van der Waals surface area contributed by atoms with Gasteiger partial charge < -0.3 is 19.5 Å². The Labute approximate surface area is 212 Å². The molecule has 0 saturated carbocycles. The number of anilines is 1. The van der Waals surface area contributed by atoms with Gasteiger partial charge in [0.15, 0.2) is 0 Å². The summed E-state index contributed by atoms with van der Waals surface area (Å²) >= 11 is 5.70. The summed E-state index contributed by atoms with van der Waals surface area (Å²) in [5, 5.41) is 26.9. The third kappa shape index (κ3) is 6.46. The average Bonchev–Trinajstić information content (AvgIpc) is 2.78. The molecule has 0 aromatic carbocycles. The van der Waals surface area contributed by atoms with Crippen molar-refractivity contribution in [2.75, 3.05) is 31.2 Å². The second kappa shape index (κ2) is 12.5. The highest BCUT2D eigenvalue weighted by molar-refractivity contribution is 6.30. The van der Waals surface area contributed by atoms with E-state index in [1.54, 1.807) is 32.6 Å². The van der Waals surface area contributed by atoms with Gasteiger partial charge in [-0.3, -0.25) is 4.79 Å². The van der Waals surface area contributed by atoms with Crippen LogP contribution in [0.1, 0.15) is 57.1 Å². The van der Waals surface area contributed by atoms with E-state index in [-0.39, 0.29) is 40.6 Å². The van der Waals surface area contributed by atoms with Gasteiger partial charge in [0.25, 0.3) is 0 Å². The second-order valence-electron chi connectivity index (χ2n) is 7.56. The van der Waals surface area contributed by atoms with Crippen molar-refractivity contribution in [1.29, 1.82) is 10.5 Å². The number of aryl methyl sites for hydroxylation is 2. The molecule has 0 unspecified atom stereocenters. The number of nitriles is 2. The molecule has 3 heterocycles. The summed E-state index contributed by atoms with van der Waals surface area (Å²) in [6.45, 7) is 7.86. The molecular formula is C24H24ClN5O6. The van der Waals surface area contributed by atoms with Gasteiger partial charge in [0.2, 0.25) is 0 Å². The van der Waals surface area contributed by atoms with Gasteiger partial charge in [-0.2, -0.15) is 10.5 Å². The molecule has 188 valence electrons. The summed E-state index contributed by atoms with van der Waals surface area (Å²) in [6, 6.07) is 6.69. The average molecular weight is 514 g/mol. The van der Waals surface area contributed by atoms with Crippen molar-refractivity contribution in [1.82, 2.24) is 9.97 Å². The molecular weight excluding hydrogens is 490 g/mol. The van der Waals surface area contributed by atoms with E-state index in [9.17, 15) is 19.6 Å². The molecule has 1 fully saturated rings. The van der Waals surface area contributed by atoms with Gasteiger partial charge in [-0.05, 0) is 39.8 Å². The lowest BCUT2D eigenvalue weighted by Gasteiger charge is -2.38. The van der Waals surface area contributed by atoms with Crippen LogP contribution < -0.4 is 4.90 Å². The number of aliphatic carboxylic acids is 1. The number of pyridine rings is 2. The number of carbonyl (C=O) groups excluding carboxylic acids is 2. The highest BCUT2D eigenvalue weighted by atomic mass is 35.5. The van der Waals surface area contributed by atoms with E-state index >= 15 is 0 Å². The smallest absolute Gasteiger partial charge is 0.340 e. The summed E-state index contributed by atoms with van der Waals surface area (Å²) in [5.74, 6) is -1.89. The maximum atomic E-state index is 11.8. The number of rotatable bonds is 6. The van der Waals surface area contributed by atoms with Crippen LogP contribution in [0.3, 0.4) is 0 Å². The number of esters is 2. The first-order valence-electron chi connectivity index (χ1n) is 10.9. The Balaban J connectivity index is 0.000000269. The number of hydrogen-bond acceptors (Lipinski definition) is 10. The number of carbonyl (C=O) groups is 3. The van der Waals surface area contributed by atoms with Gasteiger partial charge >= 0.3 is 17.9 Å². The lowest BCUT2D eigenvalue weighted by Crippen LogP contribution is -2.51. The Morgan fingerprint density at radius 3 is 1.92 bits per heavy atom. The Kier molecular flexibility index (Phi) is 9.71. The van der Waals surface area contributed by atoms with Crippen molar-refractivity contribution in [3.63, 3.8) is 0 Å². The first kappa shape index (κ1) is 28.0. The Morgan fingerprint density at radius 2 is 1.47 bits per heavy atom. The lowest BCUT2D eigenvalue weighted by atomic mass is 9.99. The van der Waals surface area contributed by atoms with Crippen LogP contribution >= 0.6 is 11.6 Å². The minimum Gasteiger partial charge on any atom is -0.481 e. The summed E-state index contributed by atoms with van der Waals surface area (Å²) in [6.07, 6.45) is 0. The van der Waals surface area contributed by atoms with Gasteiger partial charge in [-0.25, -0.2) is 19.6 Å². The molecule has 1 aliphatic heterocycles. The van der Waals surface area contributed by atoms with Gasteiger partial charge in [-0.1, -0.05) is 11.6 Å². The summed E-state index contributed by atoms with van der Waals surface area (Å²) < 4.78 is 9.73. The summed E-state index contributed by atoms with van der Waals surface area (Å²) in [4.78, 5) is 43.9. The third-order valence-corrected chi connectivity index (χ3v) is 5.41. The lowest BCUT2D eigenvalue weighted by molar-refractivity contribution is -0.142. The second-order valence-corrected chi connectivity index (χ2v) is 7.91. The normalized spacial score (nSPS) is 12.2. The van der Waals surface area contributed by atoms with Crippen LogP contribution in [0.5, 0.6) is 0 Å². The number of hydrogen-bond donors (Lipinski definition) is 1. The third-order valence-electron chi connectivity index (χ3n) is 5.12. The molecule has 1 N–H and O–H groups in total. The molecule has 12 heteroatoms. The molecule has 11 nitrogen and oxygen atoms in total. The van der Waals surface area contributed by atoms with E-state index in [4.69, 9.17) is 31.4 Å². The zero-order chi connectivity index (χ0) is 27.0. The Bertz CT molecular complexity index is 1260. The van der Waals surface area contributed by atoms with E-state index in [0.717, 1.165) is 0 Å². The van der Waals surface area contributed by atoms with Crippen molar-refractivity contribution in [3.8, 4) is 12.1 Å². The number of nitrogens with zero attached hydrogens (tertiary/aromatic N) is 5. The quantitative estimate of drug-likeness (QED) is 0.445. The minimum atomic E-state index is -0.857. The maximum absolute atomic E-state index is 11.8. The number of carboxylic acid groups (broad SMARTS) is 1. The largest absolute Gasteiger partial charge is 0.481 e. The van der Waals surface area contributed by atoms with Gasteiger partial charge in [0, 0.05) is 13.1 Å². The maximum Gasteiger partial charge on any atom is 0.340 e. The van der Waals surface area contributed by atoms with Crippen molar-refractivity contribution in [3.05, 3.63) is 50.9 Å². The number of halogens is 1. The Hall–Kier alpha value is -4.22. The van der Waals surface area contributed by atoms with Crippen LogP contribution in [-0.4, -0.2) is 59.3 Å². The van der Waals surface area contributed by atoms with Crippen molar-refractivity contribution < 1.29 is 29.0 Å². The van der Waals surface area contributed by atoms with Crippen molar-refractivity contribution >= 4 is 35.3 Å². The standard InChI is InChI=1S/C14H15N3O4.C10H9ClN2O2/c1-3-21-14(20)11-4-9(5-15)12(16-8(11)2)17-6-10(7-17)13(18)19;1-3-15-10(14)8-4-7(5-12)9(11)13-6(8)2/h4,10H,3,6-7H2,1-2H3,(H,18,19);4H,3H2,1-2H3.